The van der Waals surface area contributed by atoms with E-state index in [0.29, 0.717) is 18.9 Å². The Kier molecular flexibility index (Phi) is 6.73. The molecule has 0 spiro atoms. The van der Waals surface area contributed by atoms with Crippen molar-refractivity contribution in [2.45, 2.75) is 33.2 Å². The lowest BCUT2D eigenvalue weighted by Crippen LogP contribution is -2.27. The number of amides is 1. The van der Waals surface area contributed by atoms with Crippen LogP contribution in [0.4, 0.5) is 5.82 Å². The Balaban J connectivity index is 1.95. The number of hydrogen-bond acceptors (Lipinski definition) is 4. The Morgan fingerprint density at radius 1 is 1.17 bits per heavy atom. The van der Waals surface area contributed by atoms with E-state index < -0.39 is 0 Å². The van der Waals surface area contributed by atoms with E-state index in [4.69, 9.17) is 0 Å². The molecule has 0 aliphatic heterocycles. The molecule has 0 aliphatic rings. The molecule has 0 aromatic carbocycles. The lowest BCUT2D eigenvalue weighted by molar-refractivity contribution is -0.121. The summed E-state index contributed by atoms with van der Waals surface area (Å²) in [5.41, 5.74) is 2.09. The van der Waals surface area contributed by atoms with E-state index in [2.05, 4.69) is 20.2 Å². The predicted octanol–water partition coefficient (Wildman–Crippen LogP) is 2.82. The van der Waals surface area contributed by atoms with Crippen LogP contribution in [0.1, 0.15) is 31.5 Å². The van der Waals surface area contributed by atoms with Crippen molar-refractivity contribution in [2.75, 3.05) is 18.5 Å². The van der Waals surface area contributed by atoms with Crippen LogP contribution in [0, 0.1) is 5.92 Å². The highest BCUT2D eigenvalue weighted by molar-refractivity contribution is 5.76. The Morgan fingerprint density at radius 2 is 1.96 bits per heavy atom. The molecule has 5 nitrogen and oxygen atoms in total. The SMILES string of the molecule is CC(C)CC(=O)NCc1cccnc1N(C)CCc1ccccn1. The number of rotatable bonds is 8. The molecule has 1 N–H and O–H groups in total. The van der Waals surface area contributed by atoms with Crippen molar-refractivity contribution >= 4 is 11.7 Å². The average Bonchev–Trinajstić information content (AvgIpc) is 2.58. The molecule has 24 heavy (non-hydrogen) atoms. The molecule has 0 atom stereocenters. The molecule has 0 radical (unpaired) electrons. The number of likely N-dealkylation sites (N-methyl/N-ethyl adjacent to an activating group) is 1. The van der Waals surface area contributed by atoms with E-state index in [-0.39, 0.29) is 5.91 Å². The molecule has 0 aliphatic carbocycles. The second kappa shape index (κ2) is 9.01. The first-order valence-corrected chi connectivity index (χ1v) is 8.38. The predicted molar refractivity (Wildman–Crippen MR) is 96.7 cm³/mol. The summed E-state index contributed by atoms with van der Waals surface area (Å²) >= 11 is 0. The van der Waals surface area contributed by atoms with E-state index in [1.165, 1.54) is 0 Å². The van der Waals surface area contributed by atoms with E-state index >= 15 is 0 Å². The van der Waals surface area contributed by atoms with Crippen molar-refractivity contribution < 1.29 is 4.79 Å². The molecule has 128 valence electrons. The molecule has 1 amide bonds. The van der Waals surface area contributed by atoms with Gasteiger partial charge in [-0.05, 0) is 24.1 Å². The van der Waals surface area contributed by atoms with Crippen LogP contribution in [-0.4, -0.2) is 29.5 Å². The number of aromatic nitrogens is 2. The molecule has 2 rings (SSSR count). The lowest BCUT2D eigenvalue weighted by atomic mass is 10.1. The summed E-state index contributed by atoms with van der Waals surface area (Å²) in [7, 11) is 2.02. The van der Waals surface area contributed by atoms with Gasteiger partial charge in [0.15, 0.2) is 0 Å². The number of anilines is 1. The van der Waals surface area contributed by atoms with Gasteiger partial charge in [-0.1, -0.05) is 26.0 Å². The first-order valence-electron chi connectivity index (χ1n) is 8.38. The van der Waals surface area contributed by atoms with Gasteiger partial charge in [0.2, 0.25) is 5.91 Å². The van der Waals surface area contributed by atoms with Crippen LogP contribution in [0.15, 0.2) is 42.7 Å². The zero-order valence-corrected chi connectivity index (χ0v) is 14.7. The maximum atomic E-state index is 11.9. The summed E-state index contributed by atoms with van der Waals surface area (Å²) < 4.78 is 0. The highest BCUT2D eigenvalue weighted by Crippen LogP contribution is 2.16. The van der Waals surface area contributed by atoms with E-state index in [1.54, 1.807) is 6.20 Å². The number of carbonyl (C=O) groups is 1. The summed E-state index contributed by atoms with van der Waals surface area (Å²) in [5.74, 6) is 1.34. The van der Waals surface area contributed by atoms with Crippen LogP contribution >= 0.6 is 0 Å². The fourth-order valence-corrected chi connectivity index (χ4v) is 2.48. The van der Waals surface area contributed by atoms with Gasteiger partial charge in [0.1, 0.15) is 5.82 Å². The van der Waals surface area contributed by atoms with Crippen molar-refractivity contribution in [1.82, 2.24) is 15.3 Å². The summed E-state index contributed by atoms with van der Waals surface area (Å²) in [6, 6.07) is 9.86. The van der Waals surface area contributed by atoms with Gasteiger partial charge >= 0.3 is 0 Å². The van der Waals surface area contributed by atoms with Gasteiger partial charge in [-0.15, -0.1) is 0 Å². The monoisotopic (exact) mass is 326 g/mol. The minimum absolute atomic E-state index is 0.0796. The van der Waals surface area contributed by atoms with Crippen LogP contribution in [0.2, 0.25) is 0 Å². The zero-order chi connectivity index (χ0) is 17.4. The van der Waals surface area contributed by atoms with E-state index in [0.717, 1.165) is 30.0 Å². The number of carbonyl (C=O) groups excluding carboxylic acids is 1. The highest BCUT2D eigenvalue weighted by atomic mass is 16.1. The summed E-state index contributed by atoms with van der Waals surface area (Å²) in [6.45, 7) is 5.41. The van der Waals surface area contributed by atoms with E-state index in [1.807, 2.05) is 57.4 Å². The smallest absolute Gasteiger partial charge is 0.220 e. The third kappa shape index (κ3) is 5.65. The van der Waals surface area contributed by atoms with Gasteiger partial charge in [0, 0.05) is 56.6 Å². The fourth-order valence-electron chi connectivity index (χ4n) is 2.48. The second-order valence-electron chi connectivity index (χ2n) is 6.35. The molecule has 0 saturated heterocycles. The third-order valence-electron chi connectivity index (χ3n) is 3.73. The van der Waals surface area contributed by atoms with Crippen LogP contribution in [-0.2, 0) is 17.8 Å². The van der Waals surface area contributed by atoms with Crippen molar-refractivity contribution in [3.05, 3.63) is 54.0 Å². The first-order chi connectivity index (χ1) is 11.6. The van der Waals surface area contributed by atoms with Gasteiger partial charge in [-0.2, -0.15) is 0 Å². The quantitative estimate of drug-likeness (QED) is 0.810. The molecule has 0 bridgehead atoms. The highest BCUT2D eigenvalue weighted by Gasteiger charge is 2.11. The second-order valence-corrected chi connectivity index (χ2v) is 6.35. The minimum Gasteiger partial charge on any atom is -0.359 e. The Morgan fingerprint density at radius 3 is 2.67 bits per heavy atom. The van der Waals surface area contributed by atoms with Gasteiger partial charge < -0.3 is 10.2 Å². The summed E-state index contributed by atoms with van der Waals surface area (Å²) in [5, 5.41) is 2.98. The van der Waals surface area contributed by atoms with Crippen LogP contribution in [0.25, 0.3) is 0 Å². The summed E-state index contributed by atoms with van der Waals surface area (Å²) in [6.07, 6.45) is 5.00. The first kappa shape index (κ1) is 17.9. The number of nitrogens with one attached hydrogen (secondary N) is 1. The zero-order valence-electron chi connectivity index (χ0n) is 14.7. The molecular weight excluding hydrogens is 300 g/mol. The molecular formula is C19H26N4O. The summed E-state index contributed by atoms with van der Waals surface area (Å²) in [4.78, 5) is 22.8. The lowest BCUT2D eigenvalue weighted by Gasteiger charge is -2.21. The van der Waals surface area contributed by atoms with Crippen LogP contribution < -0.4 is 10.2 Å². The molecule has 0 saturated carbocycles. The maximum Gasteiger partial charge on any atom is 0.220 e. The average molecular weight is 326 g/mol. The maximum absolute atomic E-state index is 11.9. The molecule has 2 heterocycles. The van der Waals surface area contributed by atoms with Crippen molar-refractivity contribution in [3.8, 4) is 0 Å². The van der Waals surface area contributed by atoms with Crippen LogP contribution in [0.5, 0.6) is 0 Å². The number of hydrogen-bond donors (Lipinski definition) is 1. The van der Waals surface area contributed by atoms with Crippen molar-refractivity contribution in [1.29, 1.82) is 0 Å². The Hall–Kier alpha value is -2.43. The van der Waals surface area contributed by atoms with Gasteiger partial charge in [-0.25, -0.2) is 4.98 Å². The minimum atomic E-state index is 0.0796. The number of nitrogens with zero attached hydrogens (tertiary/aromatic N) is 3. The Labute approximate surface area is 144 Å². The fraction of sp³-hybridized carbons (Fsp3) is 0.421. The largest absolute Gasteiger partial charge is 0.359 e. The molecule has 5 heteroatoms. The third-order valence-corrected chi connectivity index (χ3v) is 3.73. The molecule has 0 unspecified atom stereocenters. The van der Waals surface area contributed by atoms with Gasteiger partial charge in [0.25, 0.3) is 0 Å². The molecule has 0 fully saturated rings. The topological polar surface area (TPSA) is 58.1 Å². The van der Waals surface area contributed by atoms with Crippen LogP contribution in [0.3, 0.4) is 0 Å². The number of pyridine rings is 2. The normalized spacial score (nSPS) is 10.7. The molecule has 2 aromatic rings. The van der Waals surface area contributed by atoms with Gasteiger partial charge in [-0.3, -0.25) is 9.78 Å². The molecule has 2 aromatic heterocycles. The van der Waals surface area contributed by atoms with E-state index in [9.17, 15) is 4.79 Å². The van der Waals surface area contributed by atoms with Gasteiger partial charge in [0.05, 0.1) is 0 Å². The van der Waals surface area contributed by atoms with Crippen molar-refractivity contribution in [3.63, 3.8) is 0 Å². The Bertz CT molecular complexity index is 643. The van der Waals surface area contributed by atoms with Crippen molar-refractivity contribution in [2.24, 2.45) is 5.92 Å². The standard InChI is InChI=1S/C19H26N4O/c1-15(2)13-18(24)22-14-16-7-6-11-21-19(16)23(3)12-9-17-8-4-5-10-20-17/h4-8,10-11,15H,9,12-14H2,1-3H3,(H,22,24).